The van der Waals surface area contributed by atoms with Crippen molar-refractivity contribution in [2.45, 2.75) is 46.0 Å². The van der Waals surface area contributed by atoms with Crippen LogP contribution in [0.25, 0.3) is 0 Å². The fraction of sp³-hybridized carbons (Fsp3) is 0.833. The van der Waals surface area contributed by atoms with Crippen molar-refractivity contribution in [3.63, 3.8) is 0 Å². The van der Waals surface area contributed by atoms with E-state index in [1.165, 1.54) is 9.80 Å². The van der Waals surface area contributed by atoms with Gasteiger partial charge in [0.25, 0.3) is 0 Å². The Kier molecular flexibility index (Phi) is 6.01. The molecular formula is C18H32N3O3+. The Morgan fingerprint density at radius 2 is 1.71 bits per heavy atom. The molecule has 0 radical (unpaired) electrons. The maximum absolute atomic E-state index is 12.4. The molecule has 2 fully saturated rings. The van der Waals surface area contributed by atoms with E-state index in [9.17, 15) is 14.4 Å². The van der Waals surface area contributed by atoms with E-state index >= 15 is 0 Å². The second-order valence-electron chi connectivity index (χ2n) is 8.40. The molecule has 1 saturated heterocycles. The lowest BCUT2D eigenvalue weighted by atomic mass is 9.81. The first-order valence-electron chi connectivity index (χ1n) is 9.12. The van der Waals surface area contributed by atoms with Crippen LogP contribution in [0.5, 0.6) is 0 Å². The molecule has 3 amide bonds. The quantitative estimate of drug-likeness (QED) is 0.634. The van der Waals surface area contributed by atoms with Crippen LogP contribution < -0.4 is 10.2 Å². The van der Waals surface area contributed by atoms with Crippen molar-refractivity contribution >= 4 is 17.7 Å². The first-order chi connectivity index (χ1) is 11.2. The van der Waals surface area contributed by atoms with Gasteiger partial charge in [0.1, 0.15) is 0 Å². The van der Waals surface area contributed by atoms with Gasteiger partial charge in [-0.2, -0.15) is 0 Å². The van der Waals surface area contributed by atoms with Crippen LogP contribution in [0.3, 0.4) is 0 Å². The minimum Gasteiger partial charge on any atom is -0.355 e. The summed E-state index contributed by atoms with van der Waals surface area (Å²) < 4.78 is 0. The van der Waals surface area contributed by atoms with Gasteiger partial charge in [-0.3, -0.25) is 19.3 Å². The van der Waals surface area contributed by atoms with Crippen molar-refractivity contribution in [1.82, 2.24) is 10.2 Å². The number of amides is 3. The maximum atomic E-state index is 12.4. The number of quaternary nitrogens is 1. The third kappa shape index (κ3) is 4.56. The molecule has 2 N–H and O–H groups in total. The Balaban J connectivity index is 1.79. The van der Waals surface area contributed by atoms with E-state index in [1.807, 2.05) is 0 Å². The number of hydrogen-bond acceptors (Lipinski definition) is 3. The number of rotatable bonds is 7. The van der Waals surface area contributed by atoms with E-state index in [1.54, 1.807) is 0 Å². The molecule has 6 nitrogen and oxygen atoms in total. The zero-order chi connectivity index (χ0) is 17.9. The van der Waals surface area contributed by atoms with Crippen LogP contribution in [-0.4, -0.2) is 56.4 Å². The van der Waals surface area contributed by atoms with Crippen molar-refractivity contribution < 1.29 is 19.3 Å². The standard InChI is InChI=1S/C18H31N3O3/c1-18(2,12-20(3)4)11-19-15(22)9-10-21-16(23)13-7-5-6-8-14(13)17(21)24/h13-14H,5-12H2,1-4H3,(H,19,22)/p+1/t13-,14-/m0/s1. The van der Waals surface area contributed by atoms with E-state index < -0.39 is 0 Å². The average Bonchev–Trinajstić information content (AvgIpc) is 2.74. The molecule has 0 unspecified atom stereocenters. The Bertz CT molecular complexity index is 478. The van der Waals surface area contributed by atoms with Gasteiger partial charge in [0.15, 0.2) is 0 Å². The van der Waals surface area contributed by atoms with E-state index in [2.05, 4.69) is 33.3 Å². The van der Waals surface area contributed by atoms with E-state index in [-0.39, 0.29) is 47.9 Å². The second-order valence-corrected chi connectivity index (χ2v) is 8.40. The molecule has 2 rings (SSSR count). The SMILES string of the molecule is C[NH+](C)CC(C)(C)CNC(=O)CCN1C(=O)[C@H]2CCCC[C@@H]2C1=O. The minimum absolute atomic E-state index is 0.0166. The monoisotopic (exact) mass is 338 g/mol. The Labute approximate surface area is 144 Å². The predicted octanol–water partition coefficient (Wildman–Crippen LogP) is -0.161. The average molecular weight is 338 g/mol. The molecular weight excluding hydrogens is 306 g/mol. The van der Waals surface area contributed by atoms with Crippen molar-refractivity contribution in [3.8, 4) is 0 Å². The van der Waals surface area contributed by atoms with Gasteiger partial charge in [0.2, 0.25) is 17.7 Å². The number of hydrogen-bond donors (Lipinski definition) is 2. The van der Waals surface area contributed by atoms with Crippen LogP contribution in [-0.2, 0) is 14.4 Å². The maximum Gasteiger partial charge on any atom is 0.233 e. The van der Waals surface area contributed by atoms with E-state index in [0.29, 0.717) is 6.54 Å². The van der Waals surface area contributed by atoms with Crippen LogP contribution in [0.15, 0.2) is 0 Å². The first-order valence-corrected chi connectivity index (χ1v) is 9.12. The highest BCUT2D eigenvalue weighted by atomic mass is 16.2. The van der Waals surface area contributed by atoms with Crippen LogP contribution in [0, 0.1) is 17.3 Å². The smallest absolute Gasteiger partial charge is 0.233 e. The molecule has 24 heavy (non-hydrogen) atoms. The molecule has 0 aromatic heterocycles. The number of imide groups is 1. The van der Waals surface area contributed by atoms with Crippen LogP contribution in [0.1, 0.15) is 46.0 Å². The summed E-state index contributed by atoms with van der Waals surface area (Å²) >= 11 is 0. The second kappa shape index (κ2) is 7.64. The molecule has 136 valence electrons. The van der Waals surface area contributed by atoms with Gasteiger partial charge in [-0.1, -0.05) is 26.7 Å². The lowest BCUT2D eigenvalue weighted by Crippen LogP contribution is -3.07. The zero-order valence-electron chi connectivity index (χ0n) is 15.5. The summed E-state index contributed by atoms with van der Waals surface area (Å²) in [5, 5.41) is 2.94. The molecule has 6 heteroatoms. The van der Waals surface area contributed by atoms with Gasteiger partial charge in [-0.25, -0.2) is 0 Å². The summed E-state index contributed by atoms with van der Waals surface area (Å²) in [5.74, 6) is -0.469. The summed E-state index contributed by atoms with van der Waals surface area (Å²) in [7, 11) is 4.18. The van der Waals surface area contributed by atoms with Crippen LogP contribution in [0.4, 0.5) is 0 Å². The van der Waals surface area contributed by atoms with Gasteiger partial charge in [-0.05, 0) is 12.8 Å². The number of likely N-dealkylation sites (tertiary alicyclic amines) is 1. The molecule has 0 spiro atoms. The fourth-order valence-electron chi connectivity index (χ4n) is 4.11. The molecule has 1 saturated carbocycles. The summed E-state index contributed by atoms with van der Waals surface area (Å²) in [4.78, 5) is 39.5. The topological polar surface area (TPSA) is 70.9 Å². The third-order valence-electron chi connectivity index (χ3n) is 5.09. The van der Waals surface area contributed by atoms with Crippen molar-refractivity contribution in [3.05, 3.63) is 0 Å². The molecule has 1 aliphatic heterocycles. The molecule has 2 atom stereocenters. The minimum atomic E-state index is -0.128. The van der Waals surface area contributed by atoms with E-state index in [4.69, 9.17) is 0 Å². The lowest BCUT2D eigenvalue weighted by molar-refractivity contribution is -0.865. The van der Waals surface area contributed by atoms with Crippen molar-refractivity contribution in [1.29, 1.82) is 0 Å². The summed E-state index contributed by atoms with van der Waals surface area (Å²) in [6.45, 7) is 6.02. The molecule has 2 aliphatic rings. The van der Waals surface area contributed by atoms with Gasteiger partial charge < -0.3 is 10.2 Å². The lowest BCUT2D eigenvalue weighted by Gasteiger charge is -2.26. The van der Waals surface area contributed by atoms with Crippen molar-refractivity contribution in [2.75, 3.05) is 33.7 Å². The zero-order valence-corrected chi connectivity index (χ0v) is 15.5. The normalized spacial score (nSPS) is 24.5. The number of fused-ring (bicyclic) bond motifs is 1. The molecule has 0 bridgehead atoms. The van der Waals surface area contributed by atoms with Gasteiger partial charge in [0, 0.05) is 24.9 Å². The van der Waals surface area contributed by atoms with Gasteiger partial charge in [-0.15, -0.1) is 0 Å². The summed E-state index contributed by atoms with van der Waals surface area (Å²) in [6.07, 6.45) is 3.88. The molecule has 0 aromatic carbocycles. The largest absolute Gasteiger partial charge is 0.355 e. The number of nitrogens with one attached hydrogen (secondary N) is 2. The van der Waals surface area contributed by atoms with Gasteiger partial charge in [0.05, 0.1) is 32.5 Å². The highest BCUT2D eigenvalue weighted by Crippen LogP contribution is 2.37. The van der Waals surface area contributed by atoms with E-state index in [0.717, 1.165) is 32.2 Å². The molecule has 1 heterocycles. The molecule has 0 aromatic rings. The highest BCUT2D eigenvalue weighted by Gasteiger charge is 2.47. The molecule has 1 aliphatic carbocycles. The fourth-order valence-corrected chi connectivity index (χ4v) is 4.11. The Morgan fingerprint density at radius 3 is 2.21 bits per heavy atom. The number of carbonyl (C=O) groups is 3. The number of nitrogens with zero attached hydrogens (tertiary/aromatic N) is 1. The summed E-state index contributed by atoms with van der Waals surface area (Å²) in [5.41, 5.74) is 0.0166. The van der Waals surface area contributed by atoms with Crippen LogP contribution >= 0.6 is 0 Å². The van der Waals surface area contributed by atoms with Crippen LogP contribution in [0.2, 0.25) is 0 Å². The first kappa shape index (κ1) is 18.9. The predicted molar refractivity (Wildman–Crippen MR) is 91.3 cm³/mol. The number of carbonyl (C=O) groups excluding carboxylic acids is 3. The third-order valence-corrected chi connectivity index (χ3v) is 5.09. The van der Waals surface area contributed by atoms with Crippen molar-refractivity contribution in [2.24, 2.45) is 17.3 Å². The van der Waals surface area contributed by atoms with Gasteiger partial charge >= 0.3 is 0 Å². The Morgan fingerprint density at radius 1 is 1.17 bits per heavy atom. The Hall–Kier alpha value is -1.43. The summed E-state index contributed by atoms with van der Waals surface area (Å²) in [6, 6.07) is 0. The highest BCUT2D eigenvalue weighted by molar-refractivity contribution is 6.05.